The molecule has 5 nitrogen and oxygen atoms in total. The Labute approximate surface area is 128 Å². The van der Waals surface area contributed by atoms with Crippen LogP contribution in [0.5, 0.6) is 11.5 Å². The van der Waals surface area contributed by atoms with Crippen molar-refractivity contribution in [2.45, 2.75) is 12.1 Å². The molecule has 0 aliphatic carbocycles. The lowest BCUT2D eigenvalue weighted by Gasteiger charge is -2.43. The molecule has 1 fully saturated rings. The van der Waals surface area contributed by atoms with Gasteiger partial charge in [0.2, 0.25) is 6.10 Å². The summed E-state index contributed by atoms with van der Waals surface area (Å²) < 4.78 is 10.7. The second-order valence-electron chi connectivity index (χ2n) is 4.88. The first kappa shape index (κ1) is 14.1. The van der Waals surface area contributed by atoms with Crippen LogP contribution in [0.3, 0.4) is 0 Å². The van der Waals surface area contributed by atoms with Crippen LogP contribution in [0.2, 0.25) is 0 Å². The summed E-state index contributed by atoms with van der Waals surface area (Å²) in [6.07, 6.45) is -0.0406. The van der Waals surface area contributed by atoms with E-state index in [1.807, 2.05) is 18.2 Å². The van der Waals surface area contributed by atoms with E-state index in [0.717, 1.165) is 6.29 Å². The molecule has 5 heteroatoms. The highest BCUT2D eigenvalue weighted by atomic mass is 16.5. The van der Waals surface area contributed by atoms with Crippen molar-refractivity contribution in [3.05, 3.63) is 54.6 Å². The third kappa shape index (κ3) is 2.41. The molecule has 1 amide bonds. The molecule has 0 radical (unpaired) electrons. The minimum absolute atomic E-state index is 0.230. The monoisotopic (exact) mass is 297 g/mol. The van der Waals surface area contributed by atoms with E-state index in [4.69, 9.17) is 9.47 Å². The molecule has 1 aliphatic heterocycles. The first-order valence-electron chi connectivity index (χ1n) is 6.88. The SMILES string of the molecule is COc1ccc(N2C(=O)[C@H](Oc3ccccc3)[C@@H]2C=O)cc1. The predicted molar refractivity (Wildman–Crippen MR) is 81.2 cm³/mol. The summed E-state index contributed by atoms with van der Waals surface area (Å²) in [5.41, 5.74) is 0.649. The van der Waals surface area contributed by atoms with Gasteiger partial charge in [-0.05, 0) is 36.4 Å². The average Bonchev–Trinajstić information content (AvgIpc) is 2.58. The molecule has 3 rings (SSSR count). The molecule has 0 bridgehead atoms. The second-order valence-corrected chi connectivity index (χ2v) is 4.88. The fourth-order valence-corrected chi connectivity index (χ4v) is 2.42. The first-order chi connectivity index (χ1) is 10.7. The van der Waals surface area contributed by atoms with E-state index in [0.29, 0.717) is 17.2 Å². The fourth-order valence-electron chi connectivity index (χ4n) is 2.42. The van der Waals surface area contributed by atoms with Crippen molar-refractivity contribution in [1.82, 2.24) is 0 Å². The Hall–Kier alpha value is -2.82. The molecule has 0 aromatic heterocycles. The maximum Gasteiger partial charge on any atom is 0.271 e. The van der Waals surface area contributed by atoms with Gasteiger partial charge in [0.1, 0.15) is 23.8 Å². The molecule has 0 spiro atoms. The van der Waals surface area contributed by atoms with E-state index in [9.17, 15) is 9.59 Å². The van der Waals surface area contributed by atoms with Crippen LogP contribution in [0, 0.1) is 0 Å². The largest absolute Gasteiger partial charge is 0.497 e. The van der Waals surface area contributed by atoms with Gasteiger partial charge >= 0.3 is 0 Å². The maximum atomic E-state index is 12.3. The lowest BCUT2D eigenvalue weighted by Crippen LogP contribution is -2.68. The molecule has 2 atom stereocenters. The molecule has 112 valence electrons. The van der Waals surface area contributed by atoms with E-state index in [1.54, 1.807) is 43.5 Å². The van der Waals surface area contributed by atoms with Crippen molar-refractivity contribution < 1.29 is 19.1 Å². The number of β-lactam (4-membered cyclic amide) rings is 1. The topological polar surface area (TPSA) is 55.8 Å². The Bertz CT molecular complexity index is 669. The van der Waals surface area contributed by atoms with Crippen molar-refractivity contribution in [3.8, 4) is 11.5 Å². The molecule has 2 aromatic carbocycles. The number of hydrogen-bond donors (Lipinski definition) is 0. The van der Waals surface area contributed by atoms with Crippen molar-refractivity contribution in [2.75, 3.05) is 12.0 Å². The summed E-state index contributed by atoms with van der Waals surface area (Å²) in [4.78, 5) is 25.1. The number of rotatable bonds is 5. The van der Waals surface area contributed by atoms with E-state index in [1.165, 1.54) is 4.90 Å². The molecule has 1 aliphatic rings. The van der Waals surface area contributed by atoms with Crippen LogP contribution in [0.25, 0.3) is 0 Å². The van der Waals surface area contributed by atoms with Crippen molar-refractivity contribution in [2.24, 2.45) is 0 Å². The van der Waals surface area contributed by atoms with Crippen LogP contribution in [-0.2, 0) is 9.59 Å². The number of methoxy groups -OCH3 is 1. The zero-order valence-corrected chi connectivity index (χ0v) is 12.0. The van der Waals surface area contributed by atoms with Gasteiger partial charge in [-0.2, -0.15) is 0 Å². The smallest absolute Gasteiger partial charge is 0.271 e. The molecule has 1 heterocycles. The number of hydrogen-bond acceptors (Lipinski definition) is 4. The van der Waals surface area contributed by atoms with Gasteiger partial charge in [0.05, 0.1) is 7.11 Å². The lowest BCUT2D eigenvalue weighted by molar-refractivity contribution is -0.138. The van der Waals surface area contributed by atoms with Crippen molar-refractivity contribution >= 4 is 17.9 Å². The van der Waals surface area contributed by atoms with E-state index < -0.39 is 12.1 Å². The summed E-state index contributed by atoms with van der Waals surface area (Å²) in [6.45, 7) is 0. The van der Waals surface area contributed by atoms with Crippen molar-refractivity contribution in [1.29, 1.82) is 0 Å². The zero-order valence-electron chi connectivity index (χ0n) is 12.0. The molecular formula is C17H15NO4. The van der Waals surface area contributed by atoms with Crippen molar-refractivity contribution in [3.63, 3.8) is 0 Å². The van der Waals surface area contributed by atoms with Crippen LogP contribution in [0.1, 0.15) is 0 Å². The summed E-state index contributed by atoms with van der Waals surface area (Å²) in [5.74, 6) is 1.03. The van der Waals surface area contributed by atoms with Gasteiger partial charge in [0.25, 0.3) is 5.91 Å². The fraction of sp³-hybridized carbons (Fsp3) is 0.176. The number of carbonyl (C=O) groups is 2. The Morgan fingerprint density at radius 1 is 1.00 bits per heavy atom. The highest BCUT2D eigenvalue weighted by Gasteiger charge is 2.50. The maximum absolute atomic E-state index is 12.3. The number of carbonyl (C=O) groups excluding carboxylic acids is 2. The number of amides is 1. The summed E-state index contributed by atoms with van der Waals surface area (Å²) >= 11 is 0. The average molecular weight is 297 g/mol. The van der Waals surface area contributed by atoms with Crippen LogP contribution in [-0.4, -0.2) is 31.4 Å². The number of ether oxygens (including phenoxy) is 2. The summed E-state index contributed by atoms with van der Waals surface area (Å²) in [7, 11) is 1.57. The minimum atomic E-state index is -0.776. The van der Waals surface area contributed by atoms with Gasteiger partial charge in [-0.1, -0.05) is 18.2 Å². The minimum Gasteiger partial charge on any atom is -0.497 e. The molecular weight excluding hydrogens is 282 g/mol. The summed E-state index contributed by atoms with van der Waals surface area (Å²) in [6, 6.07) is 15.3. The molecule has 0 N–H and O–H groups in total. The first-order valence-corrected chi connectivity index (χ1v) is 6.88. The third-order valence-corrected chi connectivity index (χ3v) is 3.59. The molecule has 2 aromatic rings. The van der Waals surface area contributed by atoms with E-state index in [-0.39, 0.29) is 5.91 Å². The van der Waals surface area contributed by atoms with Gasteiger partial charge in [-0.3, -0.25) is 9.69 Å². The van der Waals surface area contributed by atoms with Gasteiger partial charge < -0.3 is 14.3 Å². The Balaban J connectivity index is 1.77. The van der Waals surface area contributed by atoms with Gasteiger partial charge in [0.15, 0.2) is 0 Å². The third-order valence-electron chi connectivity index (χ3n) is 3.59. The lowest BCUT2D eigenvalue weighted by atomic mass is 9.97. The number of anilines is 1. The standard InChI is InChI=1S/C17H15NO4/c1-21-13-9-7-12(8-10-13)18-15(11-19)16(17(18)20)22-14-5-3-2-4-6-14/h2-11,15-16H,1H3/t15-,16+/m0/s1. The summed E-state index contributed by atoms with van der Waals surface area (Å²) in [5, 5.41) is 0. The Morgan fingerprint density at radius 2 is 1.68 bits per heavy atom. The number of nitrogens with zero attached hydrogens (tertiary/aromatic N) is 1. The molecule has 0 saturated carbocycles. The van der Waals surface area contributed by atoms with Crippen LogP contribution in [0.15, 0.2) is 54.6 Å². The van der Waals surface area contributed by atoms with Crippen LogP contribution >= 0.6 is 0 Å². The van der Waals surface area contributed by atoms with E-state index in [2.05, 4.69) is 0 Å². The van der Waals surface area contributed by atoms with E-state index >= 15 is 0 Å². The highest BCUT2D eigenvalue weighted by Crippen LogP contribution is 2.31. The number of benzene rings is 2. The number of aldehydes is 1. The van der Waals surface area contributed by atoms with Gasteiger partial charge in [0, 0.05) is 5.69 Å². The predicted octanol–water partition coefficient (Wildman–Crippen LogP) is 2.06. The number of para-hydroxylation sites is 1. The van der Waals surface area contributed by atoms with Crippen LogP contribution in [0.4, 0.5) is 5.69 Å². The molecule has 22 heavy (non-hydrogen) atoms. The normalized spacial score (nSPS) is 20.2. The van der Waals surface area contributed by atoms with Gasteiger partial charge in [-0.15, -0.1) is 0 Å². The Morgan fingerprint density at radius 3 is 2.27 bits per heavy atom. The second kappa shape index (κ2) is 5.89. The quantitative estimate of drug-likeness (QED) is 0.626. The van der Waals surface area contributed by atoms with Crippen LogP contribution < -0.4 is 14.4 Å². The Kier molecular flexibility index (Phi) is 3.78. The molecule has 0 unspecified atom stereocenters. The highest BCUT2D eigenvalue weighted by molar-refractivity contribution is 6.10. The molecule has 1 saturated heterocycles. The zero-order chi connectivity index (χ0) is 15.5. The van der Waals surface area contributed by atoms with Gasteiger partial charge in [-0.25, -0.2) is 0 Å².